The van der Waals surface area contributed by atoms with Gasteiger partial charge in [0, 0.05) is 25.7 Å². The van der Waals surface area contributed by atoms with Gasteiger partial charge in [-0.15, -0.1) is 0 Å². The van der Waals surface area contributed by atoms with E-state index in [4.69, 9.17) is 0 Å². The Hall–Kier alpha value is -1.46. The molecule has 3 rings (SSSR count). The number of nitrogens with zero attached hydrogens (tertiary/aromatic N) is 1. The van der Waals surface area contributed by atoms with Crippen LogP contribution in [-0.2, 0) is 11.3 Å². The van der Waals surface area contributed by atoms with Crippen molar-refractivity contribution in [1.29, 1.82) is 0 Å². The average molecular weight is 292 g/mol. The Morgan fingerprint density at radius 1 is 1.33 bits per heavy atom. The molecule has 1 amide bonds. The van der Waals surface area contributed by atoms with Gasteiger partial charge in [-0.25, -0.2) is 4.39 Å². The number of hydrogen-bond acceptors (Lipinski definition) is 3. The number of benzene rings is 1. The van der Waals surface area contributed by atoms with Crippen LogP contribution in [-0.4, -0.2) is 40.6 Å². The third-order valence-corrected chi connectivity index (χ3v) is 4.25. The van der Waals surface area contributed by atoms with Crippen molar-refractivity contribution in [2.45, 2.75) is 43.9 Å². The lowest BCUT2D eigenvalue weighted by atomic mass is 9.91. The lowest BCUT2D eigenvalue weighted by Crippen LogP contribution is -2.57. The first-order valence-corrected chi connectivity index (χ1v) is 7.56. The van der Waals surface area contributed by atoms with E-state index in [2.05, 4.69) is 5.32 Å². The summed E-state index contributed by atoms with van der Waals surface area (Å²) >= 11 is 0. The van der Waals surface area contributed by atoms with Crippen LogP contribution in [0.1, 0.15) is 31.2 Å². The second-order valence-electron chi connectivity index (χ2n) is 6.14. The normalized spacial score (nSPS) is 26.2. The summed E-state index contributed by atoms with van der Waals surface area (Å²) in [5.74, 6) is -0.500. The number of piperidine rings is 1. The predicted octanol–water partition coefficient (Wildman–Crippen LogP) is 1.43. The molecule has 1 saturated heterocycles. The Morgan fingerprint density at radius 3 is 2.71 bits per heavy atom. The van der Waals surface area contributed by atoms with Crippen molar-refractivity contribution in [2.75, 3.05) is 13.1 Å². The van der Waals surface area contributed by atoms with Gasteiger partial charge in [-0.1, -0.05) is 12.1 Å². The molecule has 2 aliphatic rings. The standard InChI is InChI=1S/C16H21FN2O2/c17-13-4-2-12(3-5-13)10-19-9-1-8-16(21,15(19)20)11-18-14-6-7-14/h2-5,14,18,21H,1,6-11H2/t16-/m1/s1. The van der Waals surface area contributed by atoms with Crippen LogP contribution in [0.4, 0.5) is 4.39 Å². The lowest BCUT2D eigenvalue weighted by molar-refractivity contribution is -0.157. The fourth-order valence-electron chi connectivity index (χ4n) is 2.79. The zero-order chi connectivity index (χ0) is 14.9. The summed E-state index contributed by atoms with van der Waals surface area (Å²) in [4.78, 5) is 14.2. The fraction of sp³-hybridized carbons (Fsp3) is 0.562. The monoisotopic (exact) mass is 292 g/mol. The summed E-state index contributed by atoms with van der Waals surface area (Å²) in [5, 5.41) is 13.8. The van der Waals surface area contributed by atoms with Gasteiger partial charge in [-0.3, -0.25) is 4.79 Å². The van der Waals surface area contributed by atoms with E-state index in [1.165, 1.54) is 12.1 Å². The highest BCUT2D eigenvalue weighted by molar-refractivity contribution is 5.86. The van der Waals surface area contributed by atoms with Crippen LogP contribution in [0.5, 0.6) is 0 Å². The number of rotatable bonds is 5. The lowest BCUT2D eigenvalue weighted by Gasteiger charge is -2.38. The minimum atomic E-state index is -1.29. The summed E-state index contributed by atoms with van der Waals surface area (Å²) in [6.45, 7) is 1.39. The van der Waals surface area contributed by atoms with Gasteiger partial charge in [0.15, 0.2) is 5.60 Å². The number of nitrogens with one attached hydrogen (secondary N) is 1. The minimum Gasteiger partial charge on any atom is -0.379 e. The van der Waals surface area contributed by atoms with E-state index in [-0.39, 0.29) is 11.7 Å². The average Bonchev–Trinajstić information content (AvgIpc) is 3.29. The van der Waals surface area contributed by atoms with Gasteiger partial charge in [0.2, 0.25) is 0 Å². The number of aliphatic hydroxyl groups is 1. The third-order valence-electron chi connectivity index (χ3n) is 4.25. The Kier molecular flexibility index (Phi) is 3.95. The van der Waals surface area contributed by atoms with Crippen molar-refractivity contribution in [3.05, 3.63) is 35.6 Å². The van der Waals surface area contributed by atoms with Gasteiger partial charge >= 0.3 is 0 Å². The van der Waals surface area contributed by atoms with Crippen molar-refractivity contribution in [3.63, 3.8) is 0 Å². The van der Waals surface area contributed by atoms with Crippen molar-refractivity contribution in [2.24, 2.45) is 0 Å². The fourth-order valence-corrected chi connectivity index (χ4v) is 2.79. The molecule has 1 aliphatic heterocycles. The molecule has 1 atom stereocenters. The molecule has 1 heterocycles. The SMILES string of the molecule is O=C1N(Cc2ccc(F)cc2)CCC[C@@]1(O)CNC1CC1. The summed E-state index contributed by atoms with van der Waals surface area (Å²) in [7, 11) is 0. The van der Waals surface area contributed by atoms with E-state index in [1.54, 1.807) is 17.0 Å². The van der Waals surface area contributed by atoms with Crippen molar-refractivity contribution >= 4 is 5.91 Å². The van der Waals surface area contributed by atoms with Crippen molar-refractivity contribution in [3.8, 4) is 0 Å². The molecule has 114 valence electrons. The Morgan fingerprint density at radius 2 is 2.05 bits per heavy atom. The van der Waals surface area contributed by atoms with Gasteiger partial charge in [-0.05, 0) is 43.4 Å². The Labute approximate surface area is 124 Å². The quantitative estimate of drug-likeness (QED) is 0.863. The number of halogens is 1. The van der Waals surface area contributed by atoms with E-state index in [1.807, 2.05) is 0 Å². The maximum Gasteiger partial charge on any atom is 0.256 e. The highest BCUT2D eigenvalue weighted by Crippen LogP contribution is 2.26. The van der Waals surface area contributed by atoms with E-state index >= 15 is 0 Å². The molecular weight excluding hydrogens is 271 g/mol. The van der Waals surface area contributed by atoms with Crippen LogP contribution in [0.3, 0.4) is 0 Å². The maximum atomic E-state index is 12.9. The van der Waals surface area contributed by atoms with Gasteiger partial charge < -0.3 is 15.3 Å². The van der Waals surface area contributed by atoms with Crippen molar-refractivity contribution < 1.29 is 14.3 Å². The Bertz CT molecular complexity index is 516. The third kappa shape index (κ3) is 3.41. The smallest absolute Gasteiger partial charge is 0.256 e. The molecule has 21 heavy (non-hydrogen) atoms. The summed E-state index contributed by atoms with van der Waals surface area (Å²) in [6.07, 6.45) is 3.55. The number of hydrogen-bond donors (Lipinski definition) is 2. The number of carbonyl (C=O) groups excluding carboxylic acids is 1. The molecule has 2 fully saturated rings. The summed E-state index contributed by atoms with van der Waals surface area (Å²) in [6, 6.07) is 6.61. The van der Waals surface area contributed by atoms with E-state index < -0.39 is 5.60 Å². The van der Waals surface area contributed by atoms with Gasteiger partial charge in [0.1, 0.15) is 5.82 Å². The summed E-state index contributed by atoms with van der Waals surface area (Å²) in [5.41, 5.74) is -0.412. The first-order chi connectivity index (χ1) is 10.1. The van der Waals surface area contributed by atoms with Crippen LogP contribution in [0.25, 0.3) is 0 Å². The first kappa shape index (κ1) is 14.5. The maximum absolute atomic E-state index is 12.9. The van der Waals surface area contributed by atoms with Crippen LogP contribution in [0, 0.1) is 5.82 Å². The zero-order valence-electron chi connectivity index (χ0n) is 12.0. The highest BCUT2D eigenvalue weighted by Gasteiger charge is 2.42. The predicted molar refractivity (Wildman–Crippen MR) is 77.0 cm³/mol. The molecule has 1 aromatic carbocycles. The topological polar surface area (TPSA) is 52.6 Å². The molecule has 2 N–H and O–H groups in total. The zero-order valence-corrected chi connectivity index (χ0v) is 12.0. The molecular formula is C16H21FN2O2. The molecule has 1 saturated carbocycles. The van der Waals surface area contributed by atoms with Gasteiger partial charge in [0.05, 0.1) is 0 Å². The molecule has 1 aliphatic carbocycles. The van der Waals surface area contributed by atoms with E-state index in [0.717, 1.165) is 24.8 Å². The Balaban J connectivity index is 1.64. The summed E-state index contributed by atoms with van der Waals surface area (Å²) < 4.78 is 12.9. The van der Waals surface area contributed by atoms with Crippen LogP contribution >= 0.6 is 0 Å². The molecule has 1 aromatic rings. The first-order valence-electron chi connectivity index (χ1n) is 7.56. The van der Waals surface area contributed by atoms with Crippen LogP contribution < -0.4 is 5.32 Å². The largest absolute Gasteiger partial charge is 0.379 e. The van der Waals surface area contributed by atoms with Crippen molar-refractivity contribution in [1.82, 2.24) is 10.2 Å². The molecule has 4 nitrogen and oxygen atoms in total. The molecule has 0 unspecified atom stereocenters. The van der Waals surface area contributed by atoms with E-state index in [9.17, 15) is 14.3 Å². The van der Waals surface area contributed by atoms with E-state index in [0.29, 0.717) is 32.1 Å². The van der Waals surface area contributed by atoms with Crippen LogP contribution in [0.2, 0.25) is 0 Å². The highest BCUT2D eigenvalue weighted by atomic mass is 19.1. The minimum absolute atomic E-state index is 0.216. The number of carbonyl (C=O) groups is 1. The molecule has 0 aromatic heterocycles. The second-order valence-corrected chi connectivity index (χ2v) is 6.14. The second kappa shape index (κ2) is 5.73. The number of likely N-dealkylation sites (tertiary alicyclic amines) is 1. The molecule has 0 radical (unpaired) electrons. The number of amides is 1. The molecule has 0 bridgehead atoms. The van der Waals surface area contributed by atoms with Gasteiger partial charge in [0.25, 0.3) is 5.91 Å². The molecule has 0 spiro atoms. The van der Waals surface area contributed by atoms with Crippen LogP contribution in [0.15, 0.2) is 24.3 Å². The van der Waals surface area contributed by atoms with Gasteiger partial charge in [-0.2, -0.15) is 0 Å². The molecule has 5 heteroatoms.